The van der Waals surface area contributed by atoms with Gasteiger partial charge < -0.3 is 9.47 Å². The van der Waals surface area contributed by atoms with Gasteiger partial charge in [0.15, 0.2) is 0 Å². The number of nitrogens with zero attached hydrogens (tertiary/aromatic N) is 2. The summed E-state index contributed by atoms with van der Waals surface area (Å²) in [6.45, 7) is 42.7. The van der Waals surface area contributed by atoms with Crippen LogP contribution in [0, 0.1) is 0 Å². The standard InChI is InChI=1S/C50H80N2O2/c1-19-46(13)32-42(33-47(14,20-2)51(46)17)53-36(5)50(39-26-24-23-25-27-39,31-38-28-40(44(7,8)9)30-41(29-38)45(10,11)12)37(6)54-43-34-48(15,21-3)52(18)49(16,22-4)35-43/h23-30,42-43H,5-6,19-22,31-35H2,1-4,7-18H3. The molecule has 4 heteroatoms. The lowest BCUT2D eigenvalue weighted by molar-refractivity contribution is -0.105. The first-order valence-corrected chi connectivity index (χ1v) is 21.3. The highest BCUT2D eigenvalue weighted by molar-refractivity contribution is 5.47. The van der Waals surface area contributed by atoms with Gasteiger partial charge in [-0.15, -0.1) is 0 Å². The topological polar surface area (TPSA) is 24.9 Å². The van der Waals surface area contributed by atoms with Crippen LogP contribution in [0.5, 0.6) is 0 Å². The van der Waals surface area contributed by atoms with Crippen molar-refractivity contribution < 1.29 is 9.47 Å². The predicted octanol–water partition coefficient (Wildman–Crippen LogP) is 12.7. The monoisotopic (exact) mass is 741 g/mol. The summed E-state index contributed by atoms with van der Waals surface area (Å²) in [6, 6.07) is 18.1. The molecule has 2 aliphatic rings. The van der Waals surface area contributed by atoms with Crippen LogP contribution in [0.4, 0.5) is 0 Å². The zero-order valence-electron chi connectivity index (χ0n) is 37.8. The van der Waals surface area contributed by atoms with Crippen LogP contribution in [0.1, 0.15) is 171 Å². The van der Waals surface area contributed by atoms with Gasteiger partial charge >= 0.3 is 0 Å². The van der Waals surface area contributed by atoms with Crippen molar-refractivity contribution in [3.05, 3.63) is 95.5 Å². The third-order valence-corrected chi connectivity index (χ3v) is 15.0. The van der Waals surface area contributed by atoms with Crippen molar-refractivity contribution in [3.8, 4) is 0 Å². The van der Waals surface area contributed by atoms with Crippen molar-refractivity contribution in [2.75, 3.05) is 14.1 Å². The number of hydrogen-bond donors (Lipinski definition) is 0. The first-order chi connectivity index (χ1) is 24.9. The molecule has 4 atom stereocenters. The van der Waals surface area contributed by atoms with Crippen molar-refractivity contribution in [1.82, 2.24) is 9.80 Å². The van der Waals surface area contributed by atoms with Crippen LogP contribution in [0.15, 0.2) is 73.2 Å². The molecule has 2 heterocycles. The zero-order valence-corrected chi connectivity index (χ0v) is 37.8. The molecule has 2 aromatic carbocycles. The first kappa shape index (κ1) is 44.2. The lowest BCUT2D eigenvalue weighted by Crippen LogP contribution is -2.62. The Hall–Kier alpha value is -2.56. The molecule has 0 aromatic heterocycles. The first-order valence-electron chi connectivity index (χ1n) is 21.3. The highest BCUT2D eigenvalue weighted by Gasteiger charge is 2.52. The van der Waals surface area contributed by atoms with Crippen LogP contribution in [-0.4, -0.2) is 58.3 Å². The Bertz CT molecular complexity index is 1480. The Morgan fingerprint density at radius 1 is 0.593 bits per heavy atom. The van der Waals surface area contributed by atoms with Crippen molar-refractivity contribution in [1.29, 1.82) is 0 Å². The van der Waals surface area contributed by atoms with Crippen LogP contribution in [0.3, 0.4) is 0 Å². The van der Waals surface area contributed by atoms with E-state index >= 15 is 0 Å². The molecular formula is C50H80N2O2. The van der Waals surface area contributed by atoms with Gasteiger partial charge in [-0.1, -0.05) is 131 Å². The van der Waals surface area contributed by atoms with Gasteiger partial charge in [-0.25, -0.2) is 0 Å². The van der Waals surface area contributed by atoms with Gasteiger partial charge in [0.1, 0.15) is 29.1 Å². The van der Waals surface area contributed by atoms with Crippen LogP contribution in [0.2, 0.25) is 0 Å². The SMILES string of the molecule is C=C(OC1CC(C)(CC)N(C)C(C)(CC)C1)C(Cc1cc(C(C)(C)C)cc(C(C)(C)C)c1)(C(=C)OC1CC(C)(CC)N(C)C(C)(CC)C1)c1ccccc1. The van der Waals surface area contributed by atoms with E-state index in [1.165, 1.54) is 16.7 Å². The molecule has 0 N–H and O–H groups in total. The predicted molar refractivity (Wildman–Crippen MR) is 232 cm³/mol. The minimum absolute atomic E-state index is 0.0145. The van der Waals surface area contributed by atoms with E-state index in [0.29, 0.717) is 6.42 Å². The second-order valence-corrected chi connectivity index (χ2v) is 20.5. The molecule has 302 valence electrons. The minimum atomic E-state index is -0.823. The fourth-order valence-electron chi connectivity index (χ4n) is 9.72. The molecule has 2 aliphatic heterocycles. The fraction of sp³-hybridized carbons (Fsp3) is 0.680. The van der Waals surface area contributed by atoms with E-state index in [-0.39, 0.29) is 45.2 Å². The summed E-state index contributed by atoms with van der Waals surface area (Å²) in [6.07, 6.45) is 8.68. The Morgan fingerprint density at radius 2 is 0.926 bits per heavy atom. The van der Waals surface area contributed by atoms with Gasteiger partial charge in [-0.3, -0.25) is 9.80 Å². The number of hydrogen-bond acceptors (Lipinski definition) is 4. The molecule has 0 saturated carbocycles. The smallest absolute Gasteiger partial charge is 0.113 e. The third-order valence-electron chi connectivity index (χ3n) is 15.0. The van der Waals surface area contributed by atoms with Crippen LogP contribution < -0.4 is 0 Å². The lowest BCUT2D eigenvalue weighted by atomic mass is 9.70. The zero-order chi connectivity index (χ0) is 40.7. The molecule has 0 bridgehead atoms. The van der Waals surface area contributed by atoms with Gasteiger partial charge in [0.2, 0.25) is 0 Å². The average molecular weight is 741 g/mol. The molecule has 4 rings (SSSR count). The van der Waals surface area contributed by atoms with E-state index in [0.717, 1.165) is 68.4 Å². The van der Waals surface area contributed by atoms with Crippen molar-refractivity contribution in [2.24, 2.45) is 0 Å². The number of ether oxygens (including phenoxy) is 2. The van der Waals surface area contributed by atoms with Crippen LogP contribution in [-0.2, 0) is 32.1 Å². The molecule has 2 aromatic rings. The second kappa shape index (κ2) is 15.8. The maximum Gasteiger partial charge on any atom is 0.113 e. The summed E-state index contributed by atoms with van der Waals surface area (Å²) >= 11 is 0. The van der Waals surface area contributed by atoms with E-state index in [2.05, 4.69) is 169 Å². The Balaban J connectivity index is 1.94. The molecule has 0 radical (unpaired) electrons. The average Bonchev–Trinajstić information content (AvgIpc) is 3.11. The molecule has 2 fully saturated rings. The van der Waals surface area contributed by atoms with E-state index in [9.17, 15) is 0 Å². The van der Waals surface area contributed by atoms with Gasteiger partial charge in [-0.05, 0) is 107 Å². The van der Waals surface area contributed by atoms with Gasteiger partial charge in [-0.2, -0.15) is 0 Å². The Kier molecular flexibility index (Phi) is 12.9. The minimum Gasteiger partial charge on any atom is -0.494 e. The van der Waals surface area contributed by atoms with Crippen molar-refractivity contribution >= 4 is 0 Å². The summed E-state index contributed by atoms with van der Waals surface area (Å²) in [5, 5.41) is 0. The molecular weight excluding hydrogens is 661 g/mol. The quantitative estimate of drug-likeness (QED) is 0.191. The summed E-state index contributed by atoms with van der Waals surface area (Å²) < 4.78 is 14.8. The van der Waals surface area contributed by atoms with Gasteiger partial charge in [0, 0.05) is 47.8 Å². The summed E-state index contributed by atoms with van der Waals surface area (Å²) in [5.74, 6) is 1.49. The molecule has 4 unspecified atom stereocenters. The molecule has 0 spiro atoms. The highest BCUT2D eigenvalue weighted by atomic mass is 16.5. The maximum absolute atomic E-state index is 7.40. The molecule has 0 aliphatic carbocycles. The second-order valence-electron chi connectivity index (χ2n) is 20.5. The van der Waals surface area contributed by atoms with Crippen LogP contribution >= 0.6 is 0 Å². The molecule has 2 saturated heterocycles. The van der Waals surface area contributed by atoms with E-state index in [1.807, 2.05) is 0 Å². The number of piperidine rings is 2. The fourth-order valence-corrected chi connectivity index (χ4v) is 9.72. The van der Waals surface area contributed by atoms with Crippen molar-refractivity contribution in [2.45, 2.75) is 205 Å². The Morgan fingerprint density at radius 3 is 1.22 bits per heavy atom. The third kappa shape index (κ3) is 8.56. The lowest BCUT2D eigenvalue weighted by Gasteiger charge is -2.57. The largest absolute Gasteiger partial charge is 0.494 e. The number of rotatable bonds is 13. The summed E-state index contributed by atoms with van der Waals surface area (Å²) in [4.78, 5) is 5.24. The van der Waals surface area contributed by atoms with E-state index in [1.54, 1.807) is 0 Å². The molecule has 54 heavy (non-hydrogen) atoms. The van der Waals surface area contributed by atoms with Crippen molar-refractivity contribution in [3.63, 3.8) is 0 Å². The number of benzene rings is 2. The van der Waals surface area contributed by atoms with Gasteiger partial charge in [0.25, 0.3) is 0 Å². The van der Waals surface area contributed by atoms with Gasteiger partial charge in [0.05, 0.1) is 0 Å². The normalized spacial score (nSPS) is 31.1. The highest BCUT2D eigenvalue weighted by Crippen LogP contribution is 2.50. The summed E-state index contributed by atoms with van der Waals surface area (Å²) in [5.41, 5.74) is 4.26. The molecule has 4 nitrogen and oxygen atoms in total. The molecule has 0 amide bonds. The van der Waals surface area contributed by atoms with E-state index < -0.39 is 5.41 Å². The Labute approximate surface area is 333 Å². The van der Waals surface area contributed by atoms with Crippen LogP contribution in [0.25, 0.3) is 0 Å². The summed E-state index contributed by atoms with van der Waals surface area (Å²) in [7, 11) is 4.62. The number of likely N-dealkylation sites (tertiary alicyclic amines) is 2. The maximum atomic E-state index is 7.40. The van der Waals surface area contributed by atoms with E-state index in [4.69, 9.17) is 22.6 Å².